The van der Waals surface area contributed by atoms with Gasteiger partial charge in [-0.2, -0.15) is 0 Å². The summed E-state index contributed by atoms with van der Waals surface area (Å²) in [4.78, 5) is 4.19. The van der Waals surface area contributed by atoms with Crippen molar-refractivity contribution in [1.29, 1.82) is 0 Å². The second-order valence-electron chi connectivity index (χ2n) is 4.70. The van der Waals surface area contributed by atoms with E-state index in [1.54, 1.807) is 13.3 Å². The van der Waals surface area contributed by atoms with Crippen molar-refractivity contribution in [3.8, 4) is 28.3 Å². The number of aromatic nitrogens is 2. The zero-order valence-electron chi connectivity index (χ0n) is 11.8. The molecule has 3 rings (SSSR count). The van der Waals surface area contributed by atoms with E-state index in [-0.39, 0.29) is 5.88 Å². The molecule has 0 fully saturated rings. The number of nitrogen functional groups attached to an aromatic ring is 1. The van der Waals surface area contributed by atoms with Gasteiger partial charge in [-0.05, 0) is 24.6 Å². The molecule has 0 aliphatic carbocycles. The lowest BCUT2D eigenvalue weighted by Gasteiger charge is -2.07. The fraction of sp³-hybridized carbons (Fsp3) is 0.125. The van der Waals surface area contributed by atoms with Gasteiger partial charge in [-0.25, -0.2) is 4.98 Å². The summed E-state index contributed by atoms with van der Waals surface area (Å²) in [5, 5.41) is 4.08. The van der Waals surface area contributed by atoms with Crippen molar-refractivity contribution < 1.29 is 9.26 Å². The quantitative estimate of drug-likeness (QED) is 0.797. The van der Waals surface area contributed by atoms with Crippen LogP contribution >= 0.6 is 0 Å². The Morgan fingerprint density at radius 2 is 2.05 bits per heavy atom. The molecule has 2 aromatic heterocycles. The van der Waals surface area contributed by atoms with Crippen LogP contribution in [0.2, 0.25) is 0 Å². The molecule has 0 spiro atoms. The number of pyridine rings is 1. The van der Waals surface area contributed by atoms with Gasteiger partial charge in [0.05, 0.1) is 18.2 Å². The van der Waals surface area contributed by atoms with E-state index >= 15 is 0 Å². The second kappa shape index (κ2) is 5.28. The van der Waals surface area contributed by atoms with Crippen LogP contribution in [0.25, 0.3) is 22.4 Å². The second-order valence-corrected chi connectivity index (χ2v) is 4.70. The molecular weight excluding hydrogens is 266 g/mol. The lowest BCUT2D eigenvalue weighted by molar-refractivity contribution is 0.398. The van der Waals surface area contributed by atoms with Crippen LogP contribution in [0.4, 0.5) is 5.88 Å². The van der Waals surface area contributed by atoms with Crippen LogP contribution in [0.3, 0.4) is 0 Å². The highest BCUT2D eigenvalue weighted by molar-refractivity contribution is 5.88. The zero-order chi connectivity index (χ0) is 14.8. The molecule has 2 N–H and O–H groups in total. The average Bonchev–Trinajstić information content (AvgIpc) is 2.88. The first-order chi connectivity index (χ1) is 10.2. The molecule has 0 amide bonds. The number of benzene rings is 1. The molecule has 0 saturated carbocycles. The molecule has 1 aromatic carbocycles. The number of ether oxygens (including phenoxy) is 1. The highest BCUT2D eigenvalue weighted by Crippen LogP contribution is 2.39. The molecular formula is C16H15N3O2. The Kier molecular flexibility index (Phi) is 3.31. The van der Waals surface area contributed by atoms with E-state index < -0.39 is 0 Å². The number of nitrogens with two attached hydrogens (primary N) is 1. The summed E-state index contributed by atoms with van der Waals surface area (Å²) in [6, 6.07) is 11.7. The Morgan fingerprint density at radius 1 is 1.19 bits per heavy atom. The van der Waals surface area contributed by atoms with Crippen LogP contribution in [0.1, 0.15) is 5.56 Å². The molecule has 0 unspecified atom stereocenters. The molecule has 5 heteroatoms. The number of anilines is 1. The maximum Gasteiger partial charge on any atom is 0.230 e. The van der Waals surface area contributed by atoms with E-state index in [1.165, 1.54) is 0 Å². The Labute approximate surface area is 122 Å². The van der Waals surface area contributed by atoms with E-state index in [9.17, 15) is 0 Å². The van der Waals surface area contributed by atoms with Gasteiger partial charge in [0.1, 0.15) is 5.69 Å². The number of nitrogens with zero attached hydrogens (tertiary/aromatic N) is 2. The summed E-state index contributed by atoms with van der Waals surface area (Å²) < 4.78 is 10.5. The van der Waals surface area contributed by atoms with E-state index in [1.807, 2.05) is 43.3 Å². The molecule has 0 bridgehead atoms. The largest absolute Gasteiger partial charge is 0.481 e. The van der Waals surface area contributed by atoms with Crippen molar-refractivity contribution in [2.45, 2.75) is 6.92 Å². The highest BCUT2D eigenvalue weighted by Gasteiger charge is 2.20. The Hall–Kier alpha value is -2.82. The summed E-state index contributed by atoms with van der Waals surface area (Å²) in [5.41, 5.74) is 10.2. The third-order valence-corrected chi connectivity index (χ3v) is 3.24. The smallest absolute Gasteiger partial charge is 0.230 e. The van der Waals surface area contributed by atoms with Crippen LogP contribution in [0.5, 0.6) is 5.88 Å². The molecule has 0 atom stereocenters. The number of hydrogen-bond donors (Lipinski definition) is 1. The van der Waals surface area contributed by atoms with Crippen LogP contribution in [-0.4, -0.2) is 17.3 Å². The molecule has 2 heterocycles. The first kappa shape index (κ1) is 13.2. The SMILES string of the molecule is COc1ncccc1-c1noc(N)c1-c1cccc(C)c1. The summed E-state index contributed by atoms with van der Waals surface area (Å²) >= 11 is 0. The molecule has 106 valence electrons. The monoisotopic (exact) mass is 281 g/mol. The van der Waals surface area contributed by atoms with Crippen molar-refractivity contribution in [2.24, 2.45) is 0 Å². The lowest BCUT2D eigenvalue weighted by atomic mass is 10.00. The van der Waals surface area contributed by atoms with E-state index in [2.05, 4.69) is 10.1 Å². The maximum atomic E-state index is 5.96. The fourth-order valence-corrected chi connectivity index (χ4v) is 2.30. The summed E-state index contributed by atoms with van der Waals surface area (Å²) in [7, 11) is 1.57. The molecule has 0 aliphatic rings. The predicted octanol–water partition coefficient (Wildman–Crippen LogP) is 3.30. The fourth-order valence-electron chi connectivity index (χ4n) is 2.30. The predicted molar refractivity (Wildman–Crippen MR) is 80.9 cm³/mol. The molecule has 0 radical (unpaired) electrons. The van der Waals surface area contributed by atoms with Crippen molar-refractivity contribution in [3.63, 3.8) is 0 Å². The highest BCUT2D eigenvalue weighted by atomic mass is 16.5. The normalized spacial score (nSPS) is 10.6. The van der Waals surface area contributed by atoms with Gasteiger partial charge >= 0.3 is 0 Å². The van der Waals surface area contributed by atoms with E-state index in [4.69, 9.17) is 15.0 Å². The van der Waals surface area contributed by atoms with Gasteiger partial charge in [0.15, 0.2) is 0 Å². The van der Waals surface area contributed by atoms with Gasteiger partial charge < -0.3 is 15.0 Å². The van der Waals surface area contributed by atoms with Gasteiger partial charge in [0.25, 0.3) is 0 Å². The number of methoxy groups -OCH3 is 1. The van der Waals surface area contributed by atoms with Crippen LogP contribution in [-0.2, 0) is 0 Å². The molecule has 3 aromatic rings. The first-order valence-electron chi connectivity index (χ1n) is 6.52. The van der Waals surface area contributed by atoms with Crippen molar-refractivity contribution in [2.75, 3.05) is 12.8 Å². The van der Waals surface area contributed by atoms with Crippen molar-refractivity contribution >= 4 is 5.88 Å². The first-order valence-corrected chi connectivity index (χ1v) is 6.52. The Balaban J connectivity index is 2.22. The molecule has 21 heavy (non-hydrogen) atoms. The minimum atomic E-state index is 0.279. The lowest BCUT2D eigenvalue weighted by Crippen LogP contribution is -1.93. The molecule has 0 saturated heterocycles. The van der Waals surface area contributed by atoms with Crippen LogP contribution in [0.15, 0.2) is 47.1 Å². The molecule has 0 aliphatic heterocycles. The standard InChI is InChI=1S/C16H15N3O2/c1-10-5-3-6-11(9-10)13-14(19-21-15(13)17)12-7-4-8-18-16(12)20-2/h3-9H,17H2,1-2H3. The van der Waals surface area contributed by atoms with Gasteiger partial charge in [0, 0.05) is 6.20 Å². The van der Waals surface area contributed by atoms with Gasteiger partial charge in [-0.3, -0.25) is 0 Å². The number of hydrogen-bond acceptors (Lipinski definition) is 5. The van der Waals surface area contributed by atoms with Gasteiger partial charge in [-0.1, -0.05) is 35.0 Å². The average molecular weight is 281 g/mol. The van der Waals surface area contributed by atoms with Crippen molar-refractivity contribution in [3.05, 3.63) is 48.2 Å². The summed E-state index contributed by atoms with van der Waals surface area (Å²) in [6.45, 7) is 2.03. The van der Waals surface area contributed by atoms with E-state index in [0.717, 1.165) is 22.3 Å². The summed E-state index contributed by atoms with van der Waals surface area (Å²) in [6.07, 6.45) is 1.66. The topological polar surface area (TPSA) is 74.2 Å². The van der Waals surface area contributed by atoms with Crippen molar-refractivity contribution in [1.82, 2.24) is 10.1 Å². The Morgan fingerprint density at radius 3 is 2.81 bits per heavy atom. The third kappa shape index (κ3) is 2.33. The third-order valence-electron chi connectivity index (χ3n) is 3.24. The summed E-state index contributed by atoms with van der Waals surface area (Å²) in [5.74, 6) is 0.765. The Bertz CT molecular complexity index is 781. The maximum absolute atomic E-state index is 5.96. The zero-order valence-corrected chi connectivity index (χ0v) is 11.8. The van der Waals surface area contributed by atoms with Crippen LogP contribution < -0.4 is 10.5 Å². The number of aryl methyl sites for hydroxylation is 1. The van der Waals surface area contributed by atoms with E-state index in [0.29, 0.717) is 11.6 Å². The van der Waals surface area contributed by atoms with Crippen LogP contribution in [0, 0.1) is 6.92 Å². The van der Waals surface area contributed by atoms with Gasteiger partial charge in [0.2, 0.25) is 11.8 Å². The number of rotatable bonds is 3. The minimum absolute atomic E-state index is 0.279. The van der Waals surface area contributed by atoms with Gasteiger partial charge in [-0.15, -0.1) is 0 Å². The minimum Gasteiger partial charge on any atom is -0.481 e. The molecule has 5 nitrogen and oxygen atoms in total.